The number of benzene rings is 1. The Morgan fingerprint density at radius 2 is 1.79 bits per heavy atom. The van der Waals surface area contributed by atoms with Crippen LogP contribution in [0.15, 0.2) is 24.3 Å². The smallest absolute Gasteiger partial charge is 0.183 e. The van der Waals surface area contributed by atoms with Crippen LogP contribution in [-0.4, -0.2) is 13.2 Å². The van der Waals surface area contributed by atoms with Gasteiger partial charge < -0.3 is 9.47 Å². The summed E-state index contributed by atoms with van der Waals surface area (Å²) in [5, 5.41) is 0. The van der Waals surface area contributed by atoms with Gasteiger partial charge in [-0.25, -0.2) is 0 Å². The maximum Gasteiger partial charge on any atom is 0.183 e. The van der Waals surface area contributed by atoms with Gasteiger partial charge in [0.05, 0.1) is 13.2 Å². The van der Waals surface area contributed by atoms with Crippen molar-refractivity contribution in [2.75, 3.05) is 13.2 Å². The van der Waals surface area contributed by atoms with Gasteiger partial charge in [-0.05, 0) is 18.4 Å². The highest BCUT2D eigenvalue weighted by atomic mass is 16.7. The molecule has 2 nitrogen and oxygen atoms in total. The molecule has 14 heavy (non-hydrogen) atoms. The van der Waals surface area contributed by atoms with Gasteiger partial charge >= 0.3 is 0 Å². The van der Waals surface area contributed by atoms with E-state index in [1.807, 2.05) is 0 Å². The van der Waals surface area contributed by atoms with Crippen LogP contribution in [0.3, 0.4) is 0 Å². The molecule has 1 heterocycles. The van der Waals surface area contributed by atoms with Gasteiger partial charge in [0.1, 0.15) is 0 Å². The minimum atomic E-state index is -0.144. The highest BCUT2D eigenvalue weighted by molar-refractivity contribution is 5.23. The molecule has 1 fully saturated rings. The summed E-state index contributed by atoms with van der Waals surface area (Å²) >= 11 is 0. The van der Waals surface area contributed by atoms with Gasteiger partial charge in [-0.2, -0.15) is 0 Å². The highest BCUT2D eigenvalue weighted by Gasteiger charge is 2.15. The van der Waals surface area contributed by atoms with E-state index in [9.17, 15) is 0 Å². The summed E-state index contributed by atoms with van der Waals surface area (Å²) in [6.07, 6.45) is 1.94. The molecule has 1 saturated heterocycles. The van der Waals surface area contributed by atoms with Crippen molar-refractivity contribution in [2.45, 2.75) is 26.1 Å². The lowest BCUT2D eigenvalue weighted by Crippen LogP contribution is -2.17. The van der Waals surface area contributed by atoms with E-state index in [2.05, 4.69) is 31.2 Å². The molecule has 2 heteroatoms. The lowest BCUT2D eigenvalue weighted by Gasteiger charge is -2.23. The van der Waals surface area contributed by atoms with Crippen LogP contribution in [0.5, 0.6) is 0 Å². The fourth-order valence-corrected chi connectivity index (χ4v) is 1.59. The summed E-state index contributed by atoms with van der Waals surface area (Å²) in [7, 11) is 0. The second-order valence-electron chi connectivity index (χ2n) is 3.52. The van der Waals surface area contributed by atoms with Crippen molar-refractivity contribution in [3.05, 3.63) is 35.4 Å². The summed E-state index contributed by atoms with van der Waals surface area (Å²) in [5.74, 6) is 0. The average molecular weight is 192 g/mol. The van der Waals surface area contributed by atoms with Crippen LogP contribution >= 0.6 is 0 Å². The molecule has 0 aromatic heterocycles. The van der Waals surface area contributed by atoms with Crippen molar-refractivity contribution >= 4 is 0 Å². The van der Waals surface area contributed by atoms with Crippen molar-refractivity contribution in [1.29, 1.82) is 0 Å². The minimum absolute atomic E-state index is 0.144. The standard InChI is InChI=1S/C12H16O2/c1-2-10-4-6-11(7-5-10)12-13-8-3-9-14-12/h4-7,12H,2-3,8-9H2,1H3. The first kappa shape index (κ1) is 9.69. The van der Waals surface area contributed by atoms with Crippen molar-refractivity contribution < 1.29 is 9.47 Å². The number of rotatable bonds is 2. The normalized spacial score (nSPS) is 18.4. The largest absolute Gasteiger partial charge is 0.348 e. The summed E-state index contributed by atoms with van der Waals surface area (Å²) in [5.41, 5.74) is 2.48. The average Bonchev–Trinajstić information content (AvgIpc) is 2.30. The summed E-state index contributed by atoms with van der Waals surface area (Å²) in [4.78, 5) is 0. The highest BCUT2D eigenvalue weighted by Crippen LogP contribution is 2.22. The van der Waals surface area contributed by atoms with Crippen LogP contribution in [0.25, 0.3) is 0 Å². The number of hydrogen-bond acceptors (Lipinski definition) is 2. The Morgan fingerprint density at radius 1 is 1.14 bits per heavy atom. The number of aryl methyl sites for hydroxylation is 1. The van der Waals surface area contributed by atoms with E-state index in [-0.39, 0.29) is 6.29 Å². The van der Waals surface area contributed by atoms with Gasteiger partial charge in [-0.3, -0.25) is 0 Å². The monoisotopic (exact) mass is 192 g/mol. The summed E-state index contributed by atoms with van der Waals surface area (Å²) in [6.45, 7) is 3.77. The molecule has 1 aliphatic rings. The Balaban J connectivity index is 2.07. The number of ether oxygens (including phenoxy) is 2. The first-order chi connectivity index (χ1) is 6.90. The van der Waals surface area contributed by atoms with Gasteiger partial charge in [0, 0.05) is 5.56 Å². The molecule has 0 unspecified atom stereocenters. The lowest BCUT2D eigenvalue weighted by molar-refractivity contribution is -0.183. The first-order valence-corrected chi connectivity index (χ1v) is 5.22. The van der Waals surface area contributed by atoms with E-state index in [4.69, 9.17) is 9.47 Å². The third-order valence-electron chi connectivity index (χ3n) is 2.49. The van der Waals surface area contributed by atoms with E-state index in [1.54, 1.807) is 0 Å². The van der Waals surface area contributed by atoms with Crippen molar-refractivity contribution in [2.24, 2.45) is 0 Å². The second kappa shape index (κ2) is 4.58. The van der Waals surface area contributed by atoms with Gasteiger partial charge in [0.2, 0.25) is 0 Å². The Labute approximate surface area is 84.8 Å². The van der Waals surface area contributed by atoms with Gasteiger partial charge in [-0.1, -0.05) is 31.2 Å². The fraction of sp³-hybridized carbons (Fsp3) is 0.500. The molecular formula is C12H16O2. The first-order valence-electron chi connectivity index (χ1n) is 5.22. The van der Waals surface area contributed by atoms with Crippen molar-refractivity contribution in [3.63, 3.8) is 0 Å². The molecule has 0 radical (unpaired) electrons. The summed E-state index contributed by atoms with van der Waals surface area (Å²) < 4.78 is 11.0. The second-order valence-corrected chi connectivity index (χ2v) is 3.52. The zero-order valence-corrected chi connectivity index (χ0v) is 8.53. The third kappa shape index (κ3) is 2.14. The zero-order chi connectivity index (χ0) is 9.80. The third-order valence-corrected chi connectivity index (χ3v) is 2.49. The van der Waals surface area contributed by atoms with E-state index >= 15 is 0 Å². The van der Waals surface area contributed by atoms with Crippen LogP contribution in [0, 0.1) is 0 Å². The molecule has 0 saturated carbocycles. The molecule has 0 N–H and O–H groups in total. The predicted octanol–water partition coefficient (Wildman–Crippen LogP) is 2.68. The van der Waals surface area contributed by atoms with Crippen molar-refractivity contribution in [3.8, 4) is 0 Å². The van der Waals surface area contributed by atoms with E-state index in [0.29, 0.717) is 0 Å². The van der Waals surface area contributed by atoms with Crippen LogP contribution < -0.4 is 0 Å². The molecule has 2 rings (SSSR count). The molecule has 0 amide bonds. The van der Waals surface area contributed by atoms with Crippen molar-refractivity contribution in [1.82, 2.24) is 0 Å². The molecule has 0 bridgehead atoms. The Kier molecular flexibility index (Phi) is 3.17. The lowest BCUT2D eigenvalue weighted by atomic mass is 10.1. The van der Waals surface area contributed by atoms with E-state index < -0.39 is 0 Å². The molecule has 0 spiro atoms. The molecule has 76 valence electrons. The van der Waals surface area contributed by atoms with Gasteiger partial charge in [0.25, 0.3) is 0 Å². The Morgan fingerprint density at radius 3 is 2.36 bits per heavy atom. The molecular weight excluding hydrogens is 176 g/mol. The van der Waals surface area contributed by atoms with Crippen LogP contribution in [0.1, 0.15) is 30.8 Å². The quantitative estimate of drug-likeness (QED) is 0.717. The molecule has 1 aromatic rings. The fourth-order valence-electron chi connectivity index (χ4n) is 1.59. The molecule has 0 aliphatic carbocycles. The van der Waals surface area contributed by atoms with Crippen LogP contribution in [0.4, 0.5) is 0 Å². The van der Waals surface area contributed by atoms with Crippen LogP contribution in [-0.2, 0) is 15.9 Å². The molecule has 1 aromatic carbocycles. The van der Waals surface area contributed by atoms with Gasteiger partial charge in [-0.15, -0.1) is 0 Å². The molecule has 1 aliphatic heterocycles. The zero-order valence-electron chi connectivity index (χ0n) is 8.53. The van der Waals surface area contributed by atoms with E-state index in [0.717, 1.165) is 31.6 Å². The predicted molar refractivity (Wildman–Crippen MR) is 55.1 cm³/mol. The SMILES string of the molecule is CCc1ccc(C2OCCCO2)cc1. The topological polar surface area (TPSA) is 18.5 Å². The molecule has 0 atom stereocenters. The maximum absolute atomic E-state index is 5.52. The maximum atomic E-state index is 5.52. The number of hydrogen-bond donors (Lipinski definition) is 0. The minimum Gasteiger partial charge on any atom is -0.348 e. The van der Waals surface area contributed by atoms with Crippen LogP contribution in [0.2, 0.25) is 0 Å². The Bertz CT molecular complexity index is 273. The van der Waals surface area contributed by atoms with Gasteiger partial charge in [0.15, 0.2) is 6.29 Å². The van der Waals surface area contributed by atoms with E-state index in [1.165, 1.54) is 5.56 Å². The Hall–Kier alpha value is -0.860. The summed E-state index contributed by atoms with van der Waals surface area (Å²) in [6, 6.07) is 8.46.